The third-order valence-electron chi connectivity index (χ3n) is 3.00. The maximum Gasteiger partial charge on any atom is 0.225 e. The Kier molecular flexibility index (Phi) is 5.65. The third kappa shape index (κ3) is 5.41. The minimum Gasteiger partial charge on any atom is -0.355 e. The van der Waals surface area contributed by atoms with Gasteiger partial charge in [0.25, 0.3) is 0 Å². The van der Waals surface area contributed by atoms with E-state index in [4.69, 9.17) is 11.6 Å². The van der Waals surface area contributed by atoms with E-state index in [0.29, 0.717) is 12.4 Å². The van der Waals surface area contributed by atoms with E-state index < -0.39 is 0 Å². The second-order valence-corrected chi connectivity index (χ2v) is 5.90. The van der Waals surface area contributed by atoms with Gasteiger partial charge in [0.05, 0.1) is 0 Å². The molecule has 0 aromatic rings. The Morgan fingerprint density at radius 3 is 2.20 bits per heavy atom. The summed E-state index contributed by atoms with van der Waals surface area (Å²) in [6.07, 6.45) is 1.77. The quantitative estimate of drug-likeness (QED) is 0.702. The summed E-state index contributed by atoms with van der Waals surface area (Å²) in [7, 11) is 0. The zero-order valence-electron chi connectivity index (χ0n) is 10.6. The number of rotatable bonds is 6. The Balaban J connectivity index is 4.11. The lowest BCUT2D eigenvalue weighted by Gasteiger charge is -2.27. The Labute approximate surface area is 98.8 Å². The lowest BCUT2D eigenvalue weighted by atomic mass is 9.87. The minimum atomic E-state index is -0.267. The summed E-state index contributed by atoms with van der Waals surface area (Å²) >= 11 is 5.71. The topological polar surface area (TPSA) is 29.1 Å². The summed E-state index contributed by atoms with van der Waals surface area (Å²) in [5.41, 5.74) is -0.182. The molecule has 0 aliphatic rings. The summed E-state index contributed by atoms with van der Waals surface area (Å²) < 4.78 is 0. The smallest absolute Gasteiger partial charge is 0.225 e. The summed E-state index contributed by atoms with van der Waals surface area (Å²) in [5, 5.41) is 3.00. The van der Waals surface area contributed by atoms with Crippen LogP contribution >= 0.6 is 11.6 Å². The second-order valence-electron chi connectivity index (χ2n) is 5.52. The second kappa shape index (κ2) is 5.74. The molecule has 0 spiro atoms. The van der Waals surface area contributed by atoms with Gasteiger partial charge >= 0.3 is 0 Å². The molecule has 0 saturated carbocycles. The van der Waals surface area contributed by atoms with Gasteiger partial charge in [0.1, 0.15) is 0 Å². The molecule has 0 heterocycles. The van der Waals surface area contributed by atoms with Gasteiger partial charge in [-0.05, 0) is 18.3 Å². The summed E-state index contributed by atoms with van der Waals surface area (Å²) in [6, 6.07) is 0. The van der Waals surface area contributed by atoms with Crippen molar-refractivity contribution in [1.82, 2.24) is 5.32 Å². The van der Waals surface area contributed by atoms with Crippen molar-refractivity contribution in [2.45, 2.75) is 47.5 Å². The van der Waals surface area contributed by atoms with Gasteiger partial charge in [0.2, 0.25) is 5.91 Å². The molecule has 90 valence electrons. The summed E-state index contributed by atoms with van der Waals surface area (Å²) in [6.45, 7) is 10.9. The molecular weight excluding hydrogens is 210 g/mol. The lowest BCUT2D eigenvalue weighted by molar-refractivity contribution is -0.129. The fourth-order valence-corrected chi connectivity index (χ4v) is 1.58. The van der Waals surface area contributed by atoms with Gasteiger partial charge in [0, 0.05) is 17.8 Å². The maximum absolute atomic E-state index is 11.8. The number of carbonyl (C=O) groups is 1. The van der Waals surface area contributed by atoms with Crippen molar-refractivity contribution in [3.63, 3.8) is 0 Å². The van der Waals surface area contributed by atoms with E-state index in [0.717, 1.165) is 12.8 Å². The van der Waals surface area contributed by atoms with Crippen molar-refractivity contribution in [2.24, 2.45) is 10.8 Å². The molecule has 0 fully saturated rings. The van der Waals surface area contributed by atoms with Gasteiger partial charge in [0.15, 0.2) is 0 Å². The van der Waals surface area contributed by atoms with Gasteiger partial charge in [-0.1, -0.05) is 34.6 Å². The van der Waals surface area contributed by atoms with Gasteiger partial charge in [-0.3, -0.25) is 4.79 Å². The van der Waals surface area contributed by atoms with Crippen molar-refractivity contribution in [3.05, 3.63) is 0 Å². The highest BCUT2D eigenvalue weighted by molar-refractivity contribution is 6.17. The molecule has 0 radical (unpaired) electrons. The van der Waals surface area contributed by atoms with Crippen LogP contribution in [0.1, 0.15) is 47.5 Å². The first-order valence-corrected chi connectivity index (χ1v) is 6.13. The molecule has 0 aliphatic heterocycles. The first-order chi connectivity index (χ1) is 6.75. The van der Waals surface area contributed by atoms with E-state index in [9.17, 15) is 4.79 Å². The minimum absolute atomic E-state index is 0.0846. The van der Waals surface area contributed by atoms with Crippen LogP contribution < -0.4 is 5.32 Å². The summed E-state index contributed by atoms with van der Waals surface area (Å²) in [5.74, 6) is 0.771. The van der Waals surface area contributed by atoms with Crippen LogP contribution in [0.4, 0.5) is 0 Å². The number of alkyl halides is 1. The molecule has 0 aromatic carbocycles. The molecule has 1 amide bonds. The van der Waals surface area contributed by atoms with E-state index in [1.165, 1.54) is 0 Å². The molecule has 0 atom stereocenters. The lowest BCUT2D eigenvalue weighted by Crippen LogP contribution is -2.41. The maximum atomic E-state index is 11.8. The predicted molar refractivity (Wildman–Crippen MR) is 66.2 cm³/mol. The average molecular weight is 234 g/mol. The first kappa shape index (κ1) is 14.8. The van der Waals surface area contributed by atoms with Crippen LogP contribution in [0.2, 0.25) is 0 Å². The molecule has 0 saturated heterocycles. The van der Waals surface area contributed by atoms with Gasteiger partial charge in [-0.15, -0.1) is 11.6 Å². The highest BCUT2D eigenvalue weighted by Crippen LogP contribution is 2.22. The first-order valence-electron chi connectivity index (χ1n) is 5.59. The molecule has 1 N–H and O–H groups in total. The molecule has 0 rings (SSSR count). The fraction of sp³-hybridized carbons (Fsp3) is 0.917. The zero-order valence-corrected chi connectivity index (χ0v) is 11.4. The van der Waals surface area contributed by atoms with Crippen LogP contribution in [0.25, 0.3) is 0 Å². The van der Waals surface area contributed by atoms with E-state index >= 15 is 0 Å². The third-order valence-corrected chi connectivity index (χ3v) is 3.19. The van der Waals surface area contributed by atoms with Gasteiger partial charge < -0.3 is 5.32 Å². The molecule has 2 nitrogen and oxygen atoms in total. The molecule has 0 aromatic heterocycles. The number of carbonyl (C=O) groups excluding carboxylic acids is 1. The molecule has 3 heteroatoms. The monoisotopic (exact) mass is 233 g/mol. The number of hydrogen-bond acceptors (Lipinski definition) is 1. The SMILES string of the molecule is CCC(C)(C)C(=O)NCC(C)(C)CCCl. The van der Waals surface area contributed by atoms with E-state index in [1.54, 1.807) is 0 Å². The fourth-order valence-electron chi connectivity index (χ4n) is 1.06. The van der Waals surface area contributed by atoms with Crippen molar-refractivity contribution in [3.8, 4) is 0 Å². The standard InChI is InChI=1S/C12H24ClNO/c1-6-12(4,5)10(15)14-9-11(2,3)7-8-13/h6-9H2,1-5H3,(H,14,15). The number of amides is 1. The molecule has 0 bridgehead atoms. The van der Waals surface area contributed by atoms with Crippen LogP contribution in [-0.4, -0.2) is 18.3 Å². The van der Waals surface area contributed by atoms with Gasteiger partial charge in [-0.2, -0.15) is 0 Å². The number of halogens is 1. The molecule has 15 heavy (non-hydrogen) atoms. The average Bonchev–Trinajstić information content (AvgIpc) is 2.14. The van der Waals surface area contributed by atoms with Crippen molar-refractivity contribution < 1.29 is 4.79 Å². The van der Waals surface area contributed by atoms with Gasteiger partial charge in [-0.25, -0.2) is 0 Å². The Bertz CT molecular complexity index is 212. The molecule has 0 aliphatic carbocycles. The Morgan fingerprint density at radius 2 is 1.80 bits per heavy atom. The van der Waals surface area contributed by atoms with Crippen molar-refractivity contribution in [1.29, 1.82) is 0 Å². The van der Waals surface area contributed by atoms with E-state index in [-0.39, 0.29) is 16.7 Å². The summed E-state index contributed by atoms with van der Waals surface area (Å²) in [4.78, 5) is 11.8. The van der Waals surface area contributed by atoms with E-state index in [1.807, 2.05) is 20.8 Å². The normalized spacial score (nSPS) is 12.7. The number of nitrogens with one attached hydrogen (secondary N) is 1. The highest BCUT2D eigenvalue weighted by Gasteiger charge is 2.27. The Hall–Kier alpha value is -0.240. The largest absolute Gasteiger partial charge is 0.355 e. The van der Waals surface area contributed by atoms with Crippen LogP contribution in [0.5, 0.6) is 0 Å². The van der Waals surface area contributed by atoms with E-state index in [2.05, 4.69) is 19.2 Å². The zero-order chi connectivity index (χ0) is 12.1. The van der Waals surface area contributed by atoms with Crippen molar-refractivity contribution >= 4 is 17.5 Å². The van der Waals surface area contributed by atoms with Crippen LogP contribution in [0.15, 0.2) is 0 Å². The van der Waals surface area contributed by atoms with Crippen LogP contribution in [-0.2, 0) is 4.79 Å². The van der Waals surface area contributed by atoms with Crippen LogP contribution in [0.3, 0.4) is 0 Å². The van der Waals surface area contributed by atoms with Crippen molar-refractivity contribution in [2.75, 3.05) is 12.4 Å². The molecule has 0 unspecified atom stereocenters. The highest BCUT2D eigenvalue weighted by atomic mass is 35.5. The predicted octanol–water partition coefficient (Wildman–Crippen LogP) is 3.19. The van der Waals surface area contributed by atoms with Crippen LogP contribution in [0, 0.1) is 10.8 Å². The number of hydrogen-bond donors (Lipinski definition) is 1. The Morgan fingerprint density at radius 1 is 1.27 bits per heavy atom. The molecular formula is C12H24ClNO.